The van der Waals surface area contributed by atoms with Gasteiger partial charge >= 0.3 is 0 Å². The molecule has 2 saturated heterocycles. The van der Waals surface area contributed by atoms with Gasteiger partial charge in [0.1, 0.15) is 6.04 Å². The first-order valence-electron chi connectivity index (χ1n) is 10.4. The zero-order valence-electron chi connectivity index (χ0n) is 17.4. The minimum absolute atomic E-state index is 0.0634. The van der Waals surface area contributed by atoms with E-state index in [4.69, 9.17) is 23.2 Å². The molecule has 170 valence electrons. The Bertz CT molecular complexity index is 1030. The van der Waals surface area contributed by atoms with Crippen molar-refractivity contribution in [1.82, 2.24) is 20.2 Å². The molecule has 0 radical (unpaired) electrons. The van der Waals surface area contributed by atoms with Crippen LogP contribution in [0.4, 0.5) is 16.2 Å². The SMILES string of the molecule is CC(Nc1nc(N2CCN(C(=O)[C@H]3CCC(=O)N3)CC2)ncc1F)c1ccc(Cl)cc1Cl. The molecular weight excluding hydrogens is 458 g/mol. The highest BCUT2D eigenvalue weighted by Gasteiger charge is 2.32. The largest absolute Gasteiger partial charge is 0.361 e. The summed E-state index contributed by atoms with van der Waals surface area (Å²) < 4.78 is 14.4. The van der Waals surface area contributed by atoms with Gasteiger partial charge in [-0.25, -0.2) is 9.37 Å². The Morgan fingerprint density at radius 2 is 2.03 bits per heavy atom. The number of halogens is 3. The average molecular weight is 481 g/mol. The molecule has 1 unspecified atom stereocenters. The minimum atomic E-state index is -0.573. The lowest BCUT2D eigenvalue weighted by atomic mass is 10.1. The van der Waals surface area contributed by atoms with Crippen molar-refractivity contribution in [3.05, 3.63) is 45.8 Å². The van der Waals surface area contributed by atoms with Crippen molar-refractivity contribution in [2.45, 2.75) is 31.8 Å². The molecule has 0 saturated carbocycles. The molecule has 2 atom stereocenters. The molecule has 1 aromatic heterocycles. The van der Waals surface area contributed by atoms with Crippen LogP contribution < -0.4 is 15.5 Å². The van der Waals surface area contributed by atoms with Gasteiger partial charge in [0.25, 0.3) is 0 Å². The van der Waals surface area contributed by atoms with Crippen LogP contribution in [0.25, 0.3) is 0 Å². The van der Waals surface area contributed by atoms with Gasteiger partial charge < -0.3 is 20.4 Å². The molecule has 32 heavy (non-hydrogen) atoms. The van der Waals surface area contributed by atoms with Crippen LogP contribution in [0.5, 0.6) is 0 Å². The van der Waals surface area contributed by atoms with Gasteiger partial charge in [-0.2, -0.15) is 4.98 Å². The van der Waals surface area contributed by atoms with Gasteiger partial charge in [0.05, 0.1) is 12.2 Å². The number of rotatable bonds is 5. The van der Waals surface area contributed by atoms with Crippen LogP contribution in [0.2, 0.25) is 10.0 Å². The van der Waals surface area contributed by atoms with E-state index in [-0.39, 0.29) is 23.7 Å². The van der Waals surface area contributed by atoms with Crippen LogP contribution in [0, 0.1) is 5.82 Å². The summed E-state index contributed by atoms with van der Waals surface area (Å²) in [5, 5.41) is 6.76. The molecule has 11 heteroatoms. The molecule has 0 bridgehead atoms. The Balaban J connectivity index is 1.40. The number of anilines is 2. The number of hydrogen-bond donors (Lipinski definition) is 2. The molecule has 2 aliphatic heterocycles. The fraction of sp³-hybridized carbons (Fsp3) is 0.429. The highest BCUT2D eigenvalue weighted by atomic mass is 35.5. The maximum atomic E-state index is 14.4. The van der Waals surface area contributed by atoms with Crippen molar-refractivity contribution in [3.8, 4) is 0 Å². The predicted octanol–water partition coefficient (Wildman–Crippen LogP) is 3.02. The molecule has 3 heterocycles. The van der Waals surface area contributed by atoms with Gasteiger partial charge in [0.15, 0.2) is 11.6 Å². The van der Waals surface area contributed by atoms with Crippen molar-refractivity contribution in [2.24, 2.45) is 0 Å². The Hall–Kier alpha value is -2.65. The quantitative estimate of drug-likeness (QED) is 0.683. The van der Waals surface area contributed by atoms with E-state index in [0.29, 0.717) is 55.0 Å². The first-order chi connectivity index (χ1) is 15.3. The zero-order valence-corrected chi connectivity index (χ0v) is 19.0. The van der Waals surface area contributed by atoms with E-state index in [1.54, 1.807) is 23.1 Å². The molecule has 2 amide bonds. The summed E-state index contributed by atoms with van der Waals surface area (Å²) in [4.78, 5) is 36.1. The fourth-order valence-electron chi connectivity index (χ4n) is 3.89. The molecule has 0 aliphatic carbocycles. The number of benzene rings is 1. The van der Waals surface area contributed by atoms with Crippen LogP contribution in [-0.4, -0.2) is 58.9 Å². The van der Waals surface area contributed by atoms with Gasteiger partial charge in [-0.3, -0.25) is 9.59 Å². The fourth-order valence-corrected chi connectivity index (χ4v) is 4.47. The Morgan fingerprint density at radius 1 is 1.28 bits per heavy atom. The summed E-state index contributed by atoms with van der Waals surface area (Å²) in [7, 11) is 0. The number of nitrogens with zero attached hydrogens (tertiary/aromatic N) is 4. The van der Waals surface area contributed by atoms with E-state index < -0.39 is 11.9 Å². The molecule has 2 fully saturated rings. The monoisotopic (exact) mass is 480 g/mol. The highest BCUT2D eigenvalue weighted by Crippen LogP contribution is 2.29. The van der Waals surface area contributed by atoms with Crippen molar-refractivity contribution in [2.75, 3.05) is 36.4 Å². The summed E-state index contributed by atoms with van der Waals surface area (Å²) >= 11 is 12.2. The van der Waals surface area contributed by atoms with Gasteiger partial charge in [-0.1, -0.05) is 29.3 Å². The number of nitrogens with one attached hydrogen (secondary N) is 2. The molecule has 2 aromatic rings. The third kappa shape index (κ3) is 4.88. The Morgan fingerprint density at radius 3 is 2.69 bits per heavy atom. The number of hydrogen-bond acceptors (Lipinski definition) is 6. The van der Waals surface area contributed by atoms with Crippen LogP contribution in [0.15, 0.2) is 24.4 Å². The number of carbonyl (C=O) groups excluding carboxylic acids is 2. The summed E-state index contributed by atoms with van der Waals surface area (Å²) in [5.41, 5.74) is 0.766. The zero-order chi connectivity index (χ0) is 22.8. The Labute approximate surface area is 195 Å². The molecule has 2 N–H and O–H groups in total. The maximum Gasteiger partial charge on any atom is 0.245 e. The van der Waals surface area contributed by atoms with Gasteiger partial charge in [0.2, 0.25) is 17.8 Å². The third-order valence-electron chi connectivity index (χ3n) is 5.68. The number of aromatic nitrogens is 2. The molecule has 0 spiro atoms. The van der Waals surface area contributed by atoms with E-state index in [0.717, 1.165) is 11.8 Å². The van der Waals surface area contributed by atoms with E-state index in [1.807, 2.05) is 11.8 Å². The standard InChI is InChI=1S/C21H23Cl2FN6O2/c1-12(14-3-2-13(22)10-15(14)23)26-19-16(24)11-25-21(28-19)30-8-6-29(7-9-30)20(32)17-4-5-18(31)27-17/h2-3,10-12,17H,4-9H2,1H3,(H,27,31)(H,25,26,28)/t12?,17-/m1/s1. The lowest BCUT2D eigenvalue weighted by Crippen LogP contribution is -2.53. The Kier molecular flexibility index (Phi) is 6.66. The average Bonchev–Trinajstić information content (AvgIpc) is 3.21. The second-order valence-corrected chi connectivity index (χ2v) is 8.71. The molecule has 1 aromatic carbocycles. The van der Waals surface area contributed by atoms with Gasteiger partial charge in [-0.15, -0.1) is 0 Å². The summed E-state index contributed by atoms with van der Waals surface area (Å²) in [6.45, 7) is 3.82. The summed E-state index contributed by atoms with van der Waals surface area (Å²) in [5.74, 6) is -0.274. The summed E-state index contributed by atoms with van der Waals surface area (Å²) in [6.07, 6.45) is 2.05. The van der Waals surface area contributed by atoms with Gasteiger partial charge in [-0.05, 0) is 31.0 Å². The van der Waals surface area contributed by atoms with E-state index in [9.17, 15) is 14.0 Å². The van der Waals surface area contributed by atoms with E-state index >= 15 is 0 Å². The van der Waals surface area contributed by atoms with Crippen LogP contribution >= 0.6 is 23.2 Å². The first kappa shape index (κ1) is 22.5. The summed E-state index contributed by atoms with van der Waals surface area (Å²) in [6, 6.07) is 4.39. The van der Waals surface area contributed by atoms with Gasteiger partial charge in [0, 0.05) is 42.6 Å². The van der Waals surface area contributed by atoms with Crippen molar-refractivity contribution >= 4 is 46.8 Å². The minimum Gasteiger partial charge on any atom is -0.361 e. The maximum absolute atomic E-state index is 14.4. The lowest BCUT2D eigenvalue weighted by Gasteiger charge is -2.36. The third-order valence-corrected chi connectivity index (χ3v) is 6.24. The van der Waals surface area contributed by atoms with Crippen molar-refractivity contribution in [1.29, 1.82) is 0 Å². The van der Waals surface area contributed by atoms with Crippen LogP contribution in [-0.2, 0) is 9.59 Å². The molecular formula is C21H23Cl2FN6O2. The van der Waals surface area contributed by atoms with E-state index in [1.165, 1.54) is 0 Å². The number of piperazine rings is 1. The van der Waals surface area contributed by atoms with E-state index in [2.05, 4.69) is 20.6 Å². The topological polar surface area (TPSA) is 90.5 Å². The predicted molar refractivity (Wildman–Crippen MR) is 120 cm³/mol. The normalized spacial score (nSPS) is 19.6. The second-order valence-electron chi connectivity index (χ2n) is 7.87. The molecule has 4 rings (SSSR count). The van der Waals surface area contributed by atoms with Crippen molar-refractivity contribution in [3.63, 3.8) is 0 Å². The van der Waals surface area contributed by atoms with Crippen LogP contribution in [0.3, 0.4) is 0 Å². The van der Waals surface area contributed by atoms with Crippen LogP contribution in [0.1, 0.15) is 31.4 Å². The number of carbonyl (C=O) groups is 2. The lowest BCUT2D eigenvalue weighted by molar-refractivity contribution is -0.134. The first-order valence-corrected chi connectivity index (χ1v) is 11.1. The molecule has 8 nitrogen and oxygen atoms in total. The smallest absolute Gasteiger partial charge is 0.245 e. The molecule has 2 aliphatic rings. The van der Waals surface area contributed by atoms with Crippen molar-refractivity contribution < 1.29 is 14.0 Å². The second kappa shape index (κ2) is 9.46. The number of amides is 2. The highest BCUT2D eigenvalue weighted by molar-refractivity contribution is 6.35.